The lowest BCUT2D eigenvalue weighted by molar-refractivity contribution is -0.384. The lowest BCUT2D eigenvalue weighted by Crippen LogP contribution is -2.20. The number of halogens is 1. The van der Waals surface area contributed by atoms with Crippen LogP contribution >= 0.6 is 11.6 Å². The van der Waals surface area contributed by atoms with Gasteiger partial charge in [-0.25, -0.2) is 0 Å². The number of rotatable bonds is 3. The van der Waals surface area contributed by atoms with Gasteiger partial charge >= 0.3 is 0 Å². The van der Waals surface area contributed by atoms with Gasteiger partial charge in [0.2, 0.25) is 5.91 Å². The van der Waals surface area contributed by atoms with Crippen molar-refractivity contribution >= 4 is 28.9 Å². The fourth-order valence-corrected chi connectivity index (χ4v) is 2.56. The number of nitrogens with zero attached hydrogens (tertiary/aromatic N) is 2. The van der Waals surface area contributed by atoms with Crippen molar-refractivity contribution in [3.63, 3.8) is 0 Å². The fraction of sp³-hybridized carbons (Fsp3) is 0.133. The van der Waals surface area contributed by atoms with Crippen LogP contribution in [0.4, 0.5) is 11.4 Å². The Bertz CT molecular complexity index is 791. The quantitative estimate of drug-likeness (QED) is 0.640. The van der Waals surface area contributed by atoms with E-state index in [0.29, 0.717) is 11.5 Å². The smallest absolute Gasteiger partial charge is 0.271 e. The van der Waals surface area contributed by atoms with Gasteiger partial charge in [-0.3, -0.25) is 14.9 Å². The Kier molecular flexibility index (Phi) is 3.46. The minimum Gasteiger partial charge on any atom is -0.455 e. The summed E-state index contributed by atoms with van der Waals surface area (Å²) >= 11 is 6.02. The molecule has 0 spiro atoms. The first-order valence-electron chi connectivity index (χ1n) is 6.47. The summed E-state index contributed by atoms with van der Waals surface area (Å²) < 4.78 is 5.75. The largest absolute Gasteiger partial charge is 0.455 e. The van der Waals surface area contributed by atoms with Crippen molar-refractivity contribution in [3.05, 3.63) is 57.1 Å². The molecule has 112 valence electrons. The van der Waals surface area contributed by atoms with Gasteiger partial charge in [0.15, 0.2) is 0 Å². The van der Waals surface area contributed by atoms with E-state index in [2.05, 4.69) is 0 Å². The van der Waals surface area contributed by atoms with Crippen molar-refractivity contribution in [1.29, 1.82) is 0 Å². The van der Waals surface area contributed by atoms with Crippen molar-refractivity contribution in [3.8, 4) is 11.5 Å². The summed E-state index contributed by atoms with van der Waals surface area (Å²) in [6.45, 7) is 0. The van der Waals surface area contributed by atoms with Gasteiger partial charge < -0.3 is 9.64 Å². The number of carbonyl (C=O) groups is 1. The number of nitro benzene ring substituents is 1. The highest BCUT2D eigenvalue weighted by molar-refractivity contribution is 6.32. The van der Waals surface area contributed by atoms with Gasteiger partial charge in [-0.15, -0.1) is 0 Å². The first-order chi connectivity index (χ1) is 10.5. The molecule has 0 saturated carbocycles. The molecule has 6 nitrogen and oxygen atoms in total. The second kappa shape index (κ2) is 5.31. The van der Waals surface area contributed by atoms with Crippen LogP contribution in [0, 0.1) is 10.1 Å². The minimum atomic E-state index is -0.524. The van der Waals surface area contributed by atoms with Crippen LogP contribution < -0.4 is 9.64 Å². The number of anilines is 1. The van der Waals surface area contributed by atoms with Crippen LogP contribution in [0.25, 0.3) is 0 Å². The summed E-state index contributed by atoms with van der Waals surface area (Å²) in [4.78, 5) is 23.5. The van der Waals surface area contributed by atoms with E-state index in [-0.39, 0.29) is 23.0 Å². The number of likely N-dealkylation sites (N-methyl/N-ethyl adjacent to an activating group) is 1. The molecule has 1 heterocycles. The van der Waals surface area contributed by atoms with E-state index < -0.39 is 4.92 Å². The zero-order valence-corrected chi connectivity index (χ0v) is 12.3. The molecule has 0 unspecified atom stereocenters. The molecule has 0 fully saturated rings. The van der Waals surface area contributed by atoms with Gasteiger partial charge in [-0.05, 0) is 18.2 Å². The SMILES string of the molecule is CN1C(=O)Cc2c(Oc3ccc([N+](=O)[O-])cc3Cl)cccc21. The zero-order chi connectivity index (χ0) is 15.9. The fourth-order valence-electron chi connectivity index (χ4n) is 2.35. The molecule has 22 heavy (non-hydrogen) atoms. The molecule has 1 aliphatic heterocycles. The Morgan fingerprint density at radius 1 is 1.27 bits per heavy atom. The van der Waals surface area contributed by atoms with Crippen LogP contribution in [0.15, 0.2) is 36.4 Å². The molecule has 0 atom stereocenters. The Hall–Kier alpha value is -2.60. The first-order valence-corrected chi connectivity index (χ1v) is 6.85. The number of carbonyl (C=O) groups excluding carboxylic acids is 1. The van der Waals surface area contributed by atoms with Crippen molar-refractivity contribution in [2.45, 2.75) is 6.42 Å². The van der Waals surface area contributed by atoms with Gasteiger partial charge in [0.05, 0.1) is 22.1 Å². The number of fused-ring (bicyclic) bond motifs is 1. The maximum absolute atomic E-state index is 11.8. The third kappa shape index (κ3) is 2.37. The zero-order valence-electron chi connectivity index (χ0n) is 11.6. The summed E-state index contributed by atoms with van der Waals surface area (Å²) in [7, 11) is 1.71. The molecule has 1 amide bonds. The van der Waals surface area contributed by atoms with E-state index in [1.54, 1.807) is 24.1 Å². The Morgan fingerprint density at radius 2 is 2.05 bits per heavy atom. The van der Waals surface area contributed by atoms with Crippen molar-refractivity contribution in [2.75, 3.05) is 11.9 Å². The highest BCUT2D eigenvalue weighted by Gasteiger charge is 2.27. The van der Waals surface area contributed by atoms with Gasteiger partial charge in [0.25, 0.3) is 5.69 Å². The number of hydrogen-bond acceptors (Lipinski definition) is 4. The Morgan fingerprint density at radius 3 is 2.73 bits per heavy atom. The second-order valence-electron chi connectivity index (χ2n) is 4.86. The number of nitro groups is 1. The van der Waals surface area contributed by atoms with Crippen LogP contribution in [-0.2, 0) is 11.2 Å². The lowest BCUT2D eigenvalue weighted by atomic mass is 10.1. The van der Waals surface area contributed by atoms with Gasteiger partial charge in [-0.2, -0.15) is 0 Å². The van der Waals surface area contributed by atoms with Crippen LogP contribution in [0.5, 0.6) is 11.5 Å². The molecule has 0 bridgehead atoms. The predicted octanol–water partition coefficient (Wildman–Crippen LogP) is 3.56. The van der Waals surface area contributed by atoms with E-state index >= 15 is 0 Å². The normalized spacial score (nSPS) is 13.2. The molecular weight excluding hydrogens is 308 g/mol. The van der Waals surface area contributed by atoms with Crippen LogP contribution in [0.1, 0.15) is 5.56 Å². The van der Waals surface area contributed by atoms with E-state index in [9.17, 15) is 14.9 Å². The van der Waals surface area contributed by atoms with E-state index in [0.717, 1.165) is 11.3 Å². The van der Waals surface area contributed by atoms with Crippen molar-refractivity contribution in [2.24, 2.45) is 0 Å². The van der Waals surface area contributed by atoms with Crippen LogP contribution in [0.2, 0.25) is 5.02 Å². The summed E-state index contributed by atoms with van der Waals surface area (Å²) in [6.07, 6.45) is 0.257. The molecule has 3 rings (SSSR count). The molecular formula is C15H11ClN2O4. The molecule has 0 radical (unpaired) electrons. The molecule has 0 aliphatic carbocycles. The molecule has 0 aromatic heterocycles. The number of benzene rings is 2. The monoisotopic (exact) mass is 318 g/mol. The highest BCUT2D eigenvalue weighted by atomic mass is 35.5. The number of hydrogen-bond donors (Lipinski definition) is 0. The van der Waals surface area contributed by atoms with Crippen molar-refractivity contribution in [1.82, 2.24) is 0 Å². The molecule has 0 saturated heterocycles. The lowest BCUT2D eigenvalue weighted by Gasteiger charge is -2.13. The van der Waals surface area contributed by atoms with Gasteiger partial charge in [0.1, 0.15) is 11.5 Å². The number of amides is 1. The standard InChI is InChI=1S/C15H11ClN2O4/c1-17-12-3-2-4-13(10(12)8-15(17)19)22-14-6-5-9(18(20)21)7-11(14)16/h2-7H,8H2,1H3. The summed E-state index contributed by atoms with van der Waals surface area (Å²) in [5.74, 6) is 0.814. The van der Waals surface area contributed by atoms with E-state index in [1.165, 1.54) is 18.2 Å². The van der Waals surface area contributed by atoms with E-state index in [1.807, 2.05) is 6.07 Å². The summed E-state index contributed by atoms with van der Waals surface area (Å²) in [6, 6.07) is 9.36. The maximum Gasteiger partial charge on any atom is 0.271 e. The third-order valence-corrected chi connectivity index (χ3v) is 3.81. The Labute approximate surface area is 131 Å². The first kappa shape index (κ1) is 14.3. The number of ether oxygens (including phenoxy) is 1. The average Bonchev–Trinajstić information content (AvgIpc) is 2.78. The molecule has 2 aromatic carbocycles. The van der Waals surface area contributed by atoms with Crippen LogP contribution in [0.3, 0.4) is 0 Å². The maximum atomic E-state index is 11.8. The summed E-state index contributed by atoms with van der Waals surface area (Å²) in [5.41, 5.74) is 1.47. The molecule has 7 heteroatoms. The highest BCUT2D eigenvalue weighted by Crippen LogP contribution is 2.39. The van der Waals surface area contributed by atoms with E-state index in [4.69, 9.17) is 16.3 Å². The molecule has 0 N–H and O–H groups in total. The Balaban J connectivity index is 1.96. The van der Waals surface area contributed by atoms with Gasteiger partial charge in [-0.1, -0.05) is 17.7 Å². The van der Waals surface area contributed by atoms with Gasteiger partial charge in [0, 0.05) is 24.7 Å². The number of non-ortho nitro benzene ring substituents is 1. The molecule has 2 aromatic rings. The average molecular weight is 319 g/mol. The van der Waals surface area contributed by atoms with Crippen LogP contribution in [-0.4, -0.2) is 17.9 Å². The minimum absolute atomic E-state index is 0.0131. The van der Waals surface area contributed by atoms with Crippen molar-refractivity contribution < 1.29 is 14.5 Å². The topological polar surface area (TPSA) is 72.7 Å². The summed E-state index contributed by atoms with van der Waals surface area (Å²) in [5, 5.41) is 10.9. The predicted molar refractivity (Wildman–Crippen MR) is 81.7 cm³/mol. The second-order valence-corrected chi connectivity index (χ2v) is 5.26. The molecule has 1 aliphatic rings. The third-order valence-electron chi connectivity index (χ3n) is 3.52.